The Morgan fingerprint density at radius 2 is 1.75 bits per heavy atom. The van der Waals surface area contributed by atoms with Gasteiger partial charge < -0.3 is 19.7 Å². The van der Waals surface area contributed by atoms with Gasteiger partial charge in [0.05, 0.1) is 7.11 Å². The van der Waals surface area contributed by atoms with E-state index in [1.807, 2.05) is 7.05 Å². The number of piperidine rings is 1. The predicted octanol–water partition coefficient (Wildman–Crippen LogP) is 4.50. The first-order valence-corrected chi connectivity index (χ1v) is 11.6. The standard InChI is InChI=1S/C27H35N3O2/c1-28-26(30-16-12-23(13-17-30)20-22-6-4-3-5-7-22)29-21-27(14-18-32-19-15-27)24-8-10-25(31-2)11-9-24/h3-11,20H,12-19,21H2,1-2H3,(H,28,29). The molecule has 4 rings (SSSR count). The molecule has 5 heteroatoms. The van der Waals surface area contributed by atoms with Gasteiger partial charge in [-0.1, -0.05) is 54.1 Å². The molecule has 2 aromatic carbocycles. The Kier molecular flexibility index (Phi) is 7.48. The Balaban J connectivity index is 1.40. The van der Waals surface area contributed by atoms with Gasteiger partial charge in [-0.3, -0.25) is 4.99 Å². The molecule has 32 heavy (non-hydrogen) atoms. The van der Waals surface area contributed by atoms with Crippen LogP contribution in [-0.2, 0) is 10.2 Å². The number of likely N-dealkylation sites (tertiary alicyclic amines) is 1. The number of guanidine groups is 1. The quantitative estimate of drug-likeness (QED) is 0.557. The van der Waals surface area contributed by atoms with E-state index in [2.05, 4.69) is 75.9 Å². The molecule has 2 saturated heterocycles. The zero-order valence-electron chi connectivity index (χ0n) is 19.3. The van der Waals surface area contributed by atoms with E-state index in [0.29, 0.717) is 0 Å². The molecule has 0 unspecified atom stereocenters. The summed E-state index contributed by atoms with van der Waals surface area (Å²) in [5, 5.41) is 3.71. The van der Waals surface area contributed by atoms with Crippen molar-refractivity contribution >= 4 is 12.0 Å². The normalized spacial score (nSPS) is 18.9. The molecule has 0 saturated carbocycles. The Hall–Kier alpha value is -2.79. The molecule has 2 aliphatic rings. The van der Waals surface area contributed by atoms with Crippen molar-refractivity contribution in [3.63, 3.8) is 0 Å². The van der Waals surface area contributed by atoms with Gasteiger partial charge in [-0.25, -0.2) is 0 Å². The van der Waals surface area contributed by atoms with Gasteiger partial charge in [0.25, 0.3) is 0 Å². The van der Waals surface area contributed by atoms with E-state index in [1.165, 1.54) is 16.7 Å². The predicted molar refractivity (Wildman–Crippen MR) is 131 cm³/mol. The van der Waals surface area contributed by atoms with Crippen LogP contribution in [0.4, 0.5) is 0 Å². The van der Waals surface area contributed by atoms with E-state index in [4.69, 9.17) is 9.47 Å². The Bertz CT molecular complexity index is 906. The third-order valence-corrected chi connectivity index (χ3v) is 6.82. The molecule has 0 spiro atoms. The minimum absolute atomic E-state index is 0.0502. The highest BCUT2D eigenvalue weighted by atomic mass is 16.5. The SMILES string of the molecule is CN=C(NCC1(c2ccc(OC)cc2)CCOCC1)N1CCC(=Cc2ccccc2)CC1. The number of methoxy groups -OCH3 is 1. The smallest absolute Gasteiger partial charge is 0.193 e. The van der Waals surface area contributed by atoms with Crippen molar-refractivity contribution in [1.82, 2.24) is 10.2 Å². The van der Waals surface area contributed by atoms with Crippen molar-refractivity contribution in [3.05, 3.63) is 71.3 Å². The lowest BCUT2D eigenvalue weighted by Crippen LogP contribution is -2.50. The lowest BCUT2D eigenvalue weighted by atomic mass is 9.74. The zero-order valence-corrected chi connectivity index (χ0v) is 19.3. The van der Waals surface area contributed by atoms with E-state index in [0.717, 1.165) is 70.2 Å². The summed E-state index contributed by atoms with van der Waals surface area (Å²) in [6.07, 6.45) is 6.51. The fourth-order valence-corrected chi connectivity index (χ4v) is 4.79. The molecule has 5 nitrogen and oxygen atoms in total. The van der Waals surface area contributed by atoms with Gasteiger partial charge in [-0.2, -0.15) is 0 Å². The molecule has 0 aliphatic carbocycles. The van der Waals surface area contributed by atoms with Gasteiger partial charge in [-0.15, -0.1) is 0 Å². The maximum absolute atomic E-state index is 5.70. The maximum Gasteiger partial charge on any atom is 0.193 e. The fraction of sp³-hybridized carbons (Fsp3) is 0.444. The molecule has 2 aromatic rings. The minimum atomic E-state index is 0.0502. The highest BCUT2D eigenvalue weighted by molar-refractivity contribution is 5.80. The second-order valence-corrected chi connectivity index (χ2v) is 8.72. The van der Waals surface area contributed by atoms with E-state index >= 15 is 0 Å². The monoisotopic (exact) mass is 433 g/mol. The third-order valence-electron chi connectivity index (χ3n) is 6.82. The van der Waals surface area contributed by atoms with Crippen LogP contribution < -0.4 is 10.1 Å². The molecule has 0 bridgehead atoms. The second kappa shape index (κ2) is 10.7. The fourth-order valence-electron chi connectivity index (χ4n) is 4.79. The topological polar surface area (TPSA) is 46.1 Å². The van der Waals surface area contributed by atoms with Crippen LogP contribution in [0, 0.1) is 0 Å². The largest absolute Gasteiger partial charge is 0.497 e. The molecular formula is C27H35N3O2. The molecule has 2 fully saturated rings. The van der Waals surface area contributed by atoms with Crippen molar-refractivity contribution in [2.75, 3.05) is 47.0 Å². The van der Waals surface area contributed by atoms with Crippen LogP contribution in [0.2, 0.25) is 0 Å². The van der Waals surface area contributed by atoms with E-state index in [9.17, 15) is 0 Å². The molecule has 0 radical (unpaired) electrons. The third kappa shape index (κ3) is 5.33. The molecule has 2 heterocycles. The Morgan fingerprint density at radius 1 is 1.06 bits per heavy atom. The summed E-state index contributed by atoms with van der Waals surface area (Å²) in [6, 6.07) is 19.1. The number of rotatable bonds is 5. The second-order valence-electron chi connectivity index (χ2n) is 8.72. The van der Waals surface area contributed by atoms with Crippen molar-refractivity contribution in [2.45, 2.75) is 31.1 Å². The number of aliphatic imine (C=N–C) groups is 1. The van der Waals surface area contributed by atoms with Crippen molar-refractivity contribution in [3.8, 4) is 5.75 Å². The van der Waals surface area contributed by atoms with Crippen LogP contribution in [0.25, 0.3) is 6.08 Å². The molecular weight excluding hydrogens is 398 g/mol. The summed E-state index contributed by atoms with van der Waals surface area (Å²) in [7, 11) is 3.60. The maximum atomic E-state index is 5.70. The Labute approximate surface area is 192 Å². The lowest BCUT2D eigenvalue weighted by Gasteiger charge is -2.40. The van der Waals surface area contributed by atoms with Crippen LogP contribution in [-0.4, -0.2) is 57.9 Å². The van der Waals surface area contributed by atoms with Crippen LogP contribution >= 0.6 is 0 Å². The van der Waals surface area contributed by atoms with E-state index in [-0.39, 0.29) is 5.41 Å². The van der Waals surface area contributed by atoms with Gasteiger partial charge in [-0.05, 0) is 48.9 Å². The summed E-state index contributed by atoms with van der Waals surface area (Å²) in [5.41, 5.74) is 4.20. The molecule has 0 atom stereocenters. The van der Waals surface area contributed by atoms with Gasteiger partial charge in [0.15, 0.2) is 5.96 Å². The number of ether oxygens (including phenoxy) is 2. The number of nitrogens with zero attached hydrogens (tertiary/aromatic N) is 2. The van der Waals surface area contributed by atoms with Gasteiger partial charge in [0.2, 0.25) is 0 Å². The highest BCUT2D eigenvalue weighted by Crippen LogP contribution is 2.35. The highest BCUT2D eigenvalue weighted by Gasteiger charge is 2.35. The van der Waals surface area contributed by atoms with E-state index < -0.39 is 0 Å². The molecule has 0 amide bonds. The van der Waals surface area contributed by atoms with Crippen molar-refractivity contribution in [1.29, 1.82) is 0 Å². The summed E-state index contributed by atoms with van der Waals surface area (Å²) in [6.45, 7) is 4.44. The number of hydrogen-bond donors (Lipinski definition) is 1. The van der Waals surface area contributed by atoms with E-state index in [1.54, 1.807) is 7.11 Å². The average Bonchev–Trinajstić information content (AvgIpc) is 2.86. The Morgan fingerprint density at radius 3 is 2.38 bits per heavy atom. The van der Waals surface area contributed by atoms with Gasteiger partial charge >= 0.3 is 0 Å². The zero-order chi connectivity index (χ0) is 22.2. The summed E-state index contributed by atoms with van der Waals surface area (Å²) in [5.74, 6) is 1.90. The van der Waals surface area contributed by atoms with Crippen molar-refractivity contribution in [2.24, 2.45) is 4.99 Å². The van der Waals surface area contributed by atoms with Crippen molar-refractivity contribution < 1.29 is 9.47 Å². The first-order valence-electron chi connectivity index (χ1n) is 11.6. The van der Waals surface area contributed by atoms with Gasteiger partial charge in [0, 0.05) is 45.3 Å². The van der Waals surface area contributed by atoms with Gasteiger partial charge in [0.1, 0.15) is 5.75 Å². The van der Waals surface area contributed by atoms with Crippen LogP contribution in [0.15, 0.2) is 65.2 Å². The number of benzene rings is 2. The minimum Gasteiger partial charge on any atom is -0.497 e. The first-order chi connectivity index (χ1) is 15.7. The number of nitrogens with one attached hydrogen (secondary N) is 1. The lowest BCUT2D eigenvalue weighted by molar-refractivity contribution is 0.0511. The summed E-state index contributed by atoms with van der Waals surface area (Å²) < 4.78 is 11.1. The average molecular weight is 434 g/mol. The molecule has 2 aliphatic heterocycles. The number of hydrogen-bond acceptors (Lipinski definition) is 3. The summed E-state index contributed by atoms with van der Waals surface area (Å²) in [4.78, 5) is 7.01. The first kappa shape index (κ1) is 22.4. The van der Waals surface area contributed by atoms with Crippen LogP contribution in [0.1, 0.15) is 36.8 Å². The molecule has 0 aromatic heterocycles. The molecule has 1 N–H and O–H groups in total. The molecule has 170 valence electrons. The van der Waals surface area contributed by atoms with Crippen LogP contribution in [0.3, 0.4) is 0 Å². The van der Waals surface area contributed by atoms with Crippen LogP contribution in [0.5, 0.6) is 5.75 Å². The summed E-state index contributed by atoms with van der Waals surface area (Å²) >= 11 is 0.